The molecular formula is C11H17N. The van der Waals surface area contributed by atoms with Crippen molar-refractivity contribution in [2.24, 2.45) is 11.7 Å². The smallest absolute Gasteiger partial charge is 0.0119 e. The Bertz CT molecular complexity index is 231. The number of hydrogen-bond acceptors (Lipinski definition) is 1. The molecule has 0 radical (unpaired) electrons. The molecule has 0 unspecified atom stereocenters. The van der Waals surface area contributed by atoms with Crippen molar-refractivity contribution in [2.75, 3.05) is 0 Å². The van der Waals surface area contributed by atoms with Gasteiger partial charge in [0.05, 0.1) is 0 Å². The molecule has 0 spiro atoms. The Kier molecular flexibility index (Phi) is 3.15. The van der Waals surface area contributed by atoms with Crippen molar-refractivity contribution < 1.29 is 0 Å². The first-order valence-electron chi connectivity index (χ1n) is 4.50. The molecule has 66 valence electrons. The molecule has 1 aliphatic carbocycles. The van der Waals surface area contributed by atoms with Crippen LogP contribution in [0.25, 0.3) is 0 Å². The summed E-state index contributed by atoms with van der Waals surface area (Å²) in [5.74, 6) is 0.722. The number of hydrogen-bond donors (Lipinski definition) is 1. The lowest BCUT2D eigenvalue weighted by atomic mass is 10.0. The normalized spacial score (nSPS) is 17.2. The number of allylic oxidation sites excluding steroid dienone is 5. The third kappa shape index (κ3) is 2.95. The van der Waals surface area contributed by atoms with Gasteiger partial charge < -0.3 is 5.73 Å². The van der Waals surface area contributed by atoms with Gasteiger partial charge in [0.1, 0.15) is 0 Å². The van der Waals surface area contributed by atoms with Gasteiger partial charge in [-0.05, 0) is 18.4 Å². The molecule has 0 bridgehead atoms. The molecule has 0 saturated heterocycles. The molecule has 0 saturated carbocycles. The second-order valence-corrected chi connectivity index (χ2v) is 3.68. The van der Waals surface area contributed by atoms with Crippen molar-refractivity contribution in [1.82, 2.24) is 0 Å². The first-order valence-corrected chi connectivity index (χ1v) is 4.50. The molecule has 1 rings (SSSR count). The van der Waals surface area contributed by atoms with Crippen LogP contribution in [-0.2, 0) is 0 Å². The van der Waals surface area contributed by atoms with E-state index in [4.69, 9.17) is 5.73 Å². The van der Waals surface area contributed by atoms with Gasteiger partial charge in [-0.25, -0.2) is 0 Å². The summed E-state index contributed by atoms with van der Waals surface area (Å²) in [5, 5.41) is 0. The SMILES string of the molecule is CC(C)CC1=CCC(N)=CC=C1. The second-order valence-electron chi connectivity index (χ2n) is 3.68. The van der Waals surface area contributed by atoms with Crippen LogP contribution in [0, 0.1) is 5.92 Å². The molecule has 0 fully saturated rings. The Balaban J connectivity index is 2.58. The summed E-state index contributed by atoms with van der Waals surface area (Å²) in [6, 6.07) is 0. The summed E-state index contributed by atoms with van der Waals surface area (Å²) in [6.07, 6.45) is 10.4. The van der Waals surface area contributed by atoms with Crippen molar-refractivity contribution in [1.29, 1.82) is 0 Å². The lowest BCUT2D eigenvalue weighted by molar-refractivity contribution is 0.649. The predicted octanol–water partition coefficient (Wildman–Crippen LogP) is 2.76. The fourth-order valence-electron chi connectivity index (χ4n) is 1.30. The molecule has 0 aliphatic heterocycles. The van der Waals surface area contributed by atoms with Crippen LogP contribution in [0.15, 0.2) is 35.6 Å². The largest absolute Gasteiger partial charge is 0.402 e. The van der Waals surface area contributed by atoms with E-state index in [-0.39, 0.29) is 0 Å². The van der Waals surface area contributed by atoms with Crippen molar-refractivity contribution in [3.05, 3.63) is 35.6 Å². The Hall–Kier alpha value is -0.980. The van der Waals surface area contributed by atoms with Crippen molar-refractivity contribution in [2.45, 2.75) is 26.7 Å². The van der Waals surface area contributed by atoms with Gasteiger partial charge in [-0.15, -0.1) is 0 Å². The van der Waals surface area contributed by atoms with E-state index in [2.05, 4.69) is 26.0 Å². The maximum atomic E-state index is 5.69. The molecule has 1 nitrogen and oxygen atoms in total. The van der Waals surface area contributed by atoms with E-state index < -0.39 is 0 Å². The summed E-state index contributed by atoms with van der Waals surface area (Å²) in [4.78, 5) is 0. The molecule has 1 heteroatoms. The zero-order chi connectivity index (χ0) is 8.97. The average Bonchev–Trinajstić information content (AvgIpc) is 2.15. The fraction of sp³-hybridized carbons (Fsp3) is 0.455. The van der Waals surface area contributed by atoms with E-state index in [1.54, 1.807) is 0 Å². The number of rotatable bonds is 2. The summed E-state index contributed by atoms with van der Waals surface area (Å²) in [6.45, 7) is 4.46. The highest BCUT2D eigenvalue weighted by molar-refractivity contribution is 5.29. The Morgan fingerprint density at radius 3 is 2.92 bits per heavy atom. The molecular weight excluding hydrogens is 146 g/mol. The molecule has 0 amide bonds. The van der Waals surface area contributed by atoms with Gasteiger partial charge in [0.25, 0.3) is 0 Å². The summed E-state index contributed by atoms with van der Waals surface area (Å²) >= 11 is 0. The van der Waals surface area contributed by atoms with Gasteiger partial charge in [-0.3, -0.25) is 0 Å². The van der Waals surface area contributed by atoms with Crippen LogP contribution in [0.4, 0.5) is 0 Å². The molecule has 0 aromatic carbocycles. The summed E-state index contributed by atoms with van der Waals surface area (Å²) in [5.41, 5.74) is 8.05. The second kappa shape index (κ2) is 4.15. The van der Waals surface area contributed by atoms with Crippen LogP contribution < -0.4 is 5.73 Å². The van der Waals surface area contributed by atoms with E-state index >= 15 is 0 Å². The Labute approximate surface area is 74.7 Å². The summed E-state index contributed by atoms with van der Waals surface area (Å²) in [7, 11) is 0. The van der Waals surface area contributed by atoms with E-state index in [0.717, 1.165) is 24.5 Å². The van der Waals surface area contributed by atoms with Gasteiger partial charge in [-0.2, -0.15) is 0 Å². The molecule has 0 heterocycles. The monoisotopic (exact) mass is 163 g/mol. The number of nitrogens with two attached hydrogens (primary N) is 1. The lowest BCUT2D eigenvalue weighted by Gasteiger charge is -2.04. The van der Waals surface area contributed by atoms with Gasteiger partial charge in [-0.1, -0.05) is 37.6 Å². The van der Waals surface area contributed by atoms with E-state index in [9.17, 15) is 0 Å². The van der Waals surface area contributed by atoms with Crippen LogP contribution in [0.3, 0.4) is 0 Å². The minimum atomic E-state index is 0.722. The zero-order valence-electron chi connectivity index (χ0n) is 7.88. The average molecular weight is 163 g/mol. The van der Waals surface area contributed by atoms with Crippen LogP contribution in [0.2, 0.25) is 0 Å². The van der Waals surface area contributed by atoms with Crippen molar-refractivity contribution in [3.63, 3.8) is 0 Å². The first-order chi connectivity index (χ1) is 5.68. The third-order valence-electron chi connectivity index (χ3n) is 1.86. The molecule has 0 aromatic heterocycles. The van der Waals surface area contributed by atoms with E-state index in [0.29, 0.717) is 0 Å². The fourth-order valence-corrected chi connectivity index (χ4v) is 1.30. The van der Waals surface area contributed by atoms with E-state index in [1.807, 2.05) is 12.2 Å². The minimum Gasteiger partial charge on any atom is -0.402 e. The highest BCUT2D eigenvalue weighted by Gasteiger charge is 1.99. The molecule has 12 heavy (non-hydrogen) atoms. The molecule has 0 aromatic rings. The molecule has 1 aliphatic rings. The topological polar surface area (TPSA) is 26.0 Å². The quantitative estimate of drug-likeness (QED) is 0.665. The van der Waals surface area contributed by atoms with Crippen molar-refractivity contribution in [3.8, 4) is 0 Å². The minimum absolute atomic E-state index is 0.722. The highest BCUT2D eigenvalue weighted by Crippen LogP contribution is 2.16. The van der Waals surface area contributed by atoms with Crippen LogP contribution in [0.1, 0.15) is 26.7 Å². The maximum absolute atomic E-state index is 5.69. The first kappa shape index (κ1) is 9.11. The maximum Gasteiger partial charge on any atom is 0.0119 e. The lowest BCUT2D eigenvalue weighted by Crippen LogP contribution is -1.94. The van der Waals surface area contributed by atoms with Crippen LogP contribution in [-0.4, -0.2) is 0 Å². The van der Waals surface area contributed by atoms with E-state index in [1.165, 1.54) is 5.57 Å². The van der Waals surface area contributed by atoms with Crippen LogP contribution >= 0.6 is 0 Å². The van der Waals surface area contributed by atoms with Gasteiger partial charge in [0.15, 0.2) is 0 Å². The van der Waals surface area contributed by atoms with Gasteiger partial charge >= 0.3 is 0 Å². The molecule has 0 atom stereocenters. The summed E-state index contributed by atoms with van der Waals surface area (Å²) < 4.78 is 0. The standard InChI is InChI=1S/C11H17N/c1-9(2)8-10-4-3-5-11(12)7-6-10/h3-6,9H,7-8,12H2,1-2H3. The van der Waals surface area contributed by atoms with Crippen LogP contribution in [0.5, 0.6) is 0 Å². The highest BCUT2D eigenvalue weighted by atomic mass is 14.6. The zero-order valence-corrected chi connectivity index (χ0v) is 7.88. The molecule has 2 N–H and O–H groups in total. The Morgan fingerprint density at radius 2 is 2.25 bits per heavy atom. The van der Waals surface area contributed by atoms with Gasteiger partial charge in [0.2, 0.25) is 0 Å². The predicted molar refractivity (Wildman–Crippen MR) is 53.6 cm³/mol. The third-order valence-corrected chi connectivity index (χ3v) is 1.86. The Morgan fingerprint density at radius 1 is 1.50 bits per heavy atom. The van der Waals surface area contributed by atoms with Crippen molar-refractivity contribution >= 4 is 0 Å². The van der Waals surface area contributed by atoms with Gasteiger partial charge in [0, 0.05) is 12.1 Å².